The Labute approximate surface area is 365 Å². The van der Waals surface area contributed by atoms with Gasteiger partial charge in [0.15, 0.2) is 23.6 Å². The summed E-state index contributed by atoms with van der Waals surface area (Å²) in [5.74, 6) is -6.84. The second-order valence-electron chi connectivity index (χ2n) is 17.4. The maximum atomic E-state index is 15.5. The Kier molecular flexibility index (Phi) is 12.9. The summed E-state index contributed by atoms with van der Waals surface area (Å²) in [6, 6.07) is 22.9. The molecular formula is C48H55NO14. The highest BCUT2D eigenvalue weighted by molar-refractivity contribution is 5.96. The first kappa shape index (κ1) is 46.8. The number of hydrogen-bond donors (Lipinski definition) is 4. The van der Waals surface area contributed by atoms with Gasteiger partial charge in [-0.2, -0.15) is 0 Å². The van der Waals surface area contributed by atoms with Crippen LogP contribution in [0, 0.1) is 16.7 Å². The van der Waals surface area contributed by atoms with Crippen LogP contribution in [0.2, 0.25) is 0 Å². The second-order valence-corrected chi connectivity index (χ2v) is 17.4. The number of aliphatic hydroxyl groups is 3. The summed E-state index contributed by atoms with van der Waals surface area (Å²) >= 11 is 0. The van der Waals surface area contributed by atoms with Crippen molar-refractivity contribution in [3.63, 3.8) is 0 Å². The van der Waals surface area contributed by atoms with Gasteiger partial charge in [-0.3, -0.25) is 19.2 Å². The molecule has 1 heterocycles. The molecule has 0 unspecified atom stereocenters. The number of carbonyl (C=O) groups is 6. The summed E-state index contributed by atoms with van der Waals surface area (Å²) < 4.78 is 30.3. The molecule has 3 fully saturated rings. The number of ketones is 1. The molecule has 1 amide bonds. The third kappa shape index (κ3) is 7.85. The normalized spacial score (nSPS) is 31.3. The van der Waals surface area contributed by atoms with Gasteiger partial charge in [-0.15, -0.1) is 0 Å². The minimum atomic E-state index is -2.39. The molecule has 7 rings (SSSR count). The van der Waals surface area contributed by atoms with Gasteiger partial charge in [0.05, 0.1) is 35.6 Å². The van der Waals surface area contributed by atoms with E-state index in [2.05, 4.69) is 5.32 Å². The highest BCUT2D eigenvalue weighted by Gasteiger charge is 2.78. The van der Waals surface area contributed by atoms with Crippen molar-refractivity contribution in [2.75, 3.05) is 6.61 Å². The van der Waals surface area contributed by atoms with Gasteiger partial charge in [0, 0.05) is 37.7 Å². The fourth-order valence-corrected chi connectivity index (χ4v) is 10.2. The summed E-state index contributed by atoms with van der Waals surface area (Å²) in [4.78, 5) is 83.5. The van der Waals surface area contributed by atoms with Crippen molar-refractivity contribution in [3.8, 4) is 0 Å². The van der Waals surface area contributed by atoms with Crippen molar-refractivity contribution in [1.82, 2.24) is 5.32 Å². The smallest absolute Gasteiger partial charge is 0.338 e. The lowest BCUT2D eigenvalue weighted by Gasteiger charge is -2.67. The minimum absolute atomic E-state index is 0. The largest absolute Gasteiger partial charge is 0.456 e. The molecule has 0 radical (unpaired) electrons. The molecule has 3 aliphatic carbocycles. The lowest BCUT2D eigenvalue weighted by molar-refractivity contribution is -0.346. The van der Waals surface area contributed by atoms with E-state index in [1.54, 1.807) is 92.7 Å². The number of benzene rings is 3. The number of nitrogens with one attached hydrogen (secondary N) is 1. The number of fused-ring (bicyclic) bond motifs is 5. The van der Waals surface area contributed by atoms with Gasteiger partial charge in [-0.05, 0) is 54.8 Å². The quantitative estimate of drug-likeness (QED) is 0.126. The molecule has 3 aromatic rings. The fraction of sp³-hybridized carbons (Fsp3) is 0.458. The van der Waals surface area contributed by atoms with Gasteiger partial charge >= 0.3 is 23.9 Å². The van der Waals surface area contributed by atoms with Crippen LogP contribution in [0.25, 0.3) is 0 Å². The first-order valence-electron chi connectivity index (χ1n) is 20.5. The molecule has 4 aliphatic rings. The van der Waals surface area contributed by atoms with E-state index >= 15 is 4.79 Å². The summed E-state index contributed by atoms with van der Waals surface area (Å²) in [7, 11) is 0. The summed E-state index contributed by atoms with van der Waals surface area (Å²) in [5, 5.41) is 40.2. The average Bonchev–Trinajstić information content (AvgIpc) is 3.24. The van der Waals surface area contributed by atoms with Crippen LogP contribution in [0.15, 0.2) is 102 Å². The second kappa shape index (κ2) is 17.4. The van der Waals surface area contributed by atoms with Crippen LogP contribution in [-0.4, -0.2) is 105 Å². The number of hydrogen-bond acceptors (Lipinski definition) is 14. The predicted octanol–water partition coefficient (Wildman–Crippen LogP) is 4.37. The number of Topliss-reactive ketones (excluding diaryl/α,β-unsaturated/α-hetero) is 1. The zero-order valence-electron chi connectivity index (χ0n) is 35.2. The molecule has 0 aromatic heterocycles. The van der Waals surface area contributed by atoms with Gasteiger partial charge in [0.1, 0.15) is 23.9 Å². The van der Waals surface area contributed by atoms with Crippen LogP contribution < -0.4 is 5.32 Å². The molecule has 4 N–H and O–H groups in total. The molecule has 11 atom stereocenters. The van der Waals surface area contributed by atoms with Crippen LogP contribution in [0.1, 0.15) is 94.1 Å². The van der Waals surface area contributed by atoms with Crippen molar-refractivity contribution < 1.29 is 67.8 Å². The molecule has 0 spiro atoms. The standard InChI is InChI=1S/C47H51NO14.CH4/c1-25-31(60-43(56)36(52)35(28-16-10-7-11-17-28)48-41(54)29-18-12-8-13-19-29)23-47(57)40(61-42(55)30-20-14-9-15-21-30)38-45(6,32(51)22-33-46(38,24-58-33)62-27(3)50)39(53)37(59-26(2)49)34(25)44(47,4)5;/h7-21,31-33,35-38,40,51-52,57H,22-24H2,1-6H3,(H,48,54);1H4/t31-,32-,33+,35-,36+,37+,38-,40-,45+,46-,47+;/m0./s1. The van der Waals surface area contributed by atoms with Crippen molar-refractivity contribution >= 4 is 35.6 Å². The van der Waals surface area contributed by atoms with E-state index in [-0.39, 0.29) is 42.7 Å². The summed E-state index contributed by atoms with van der Waals surface area (Å²) in [6.45, 7) is 7.97. The van der Waals surface area contributed by atoms with Crippen LogP contribution >= 0.6 is 0 Å². The molecule has 3 aromatic carbocycles. The highest BCUT2D eigenvalue weighted by Crippen LogP contribution is 2.64. The lowest BCUT2D eigenvalue weighted by atomic mass is 9.44. The number of amides is 1. The average molecular weight is 870 g/mol. The van der Waals surface area contributed by atoms with Crippen LogP contribution in [0.3, 0.4) is 0 Å². The number of carbonyl (C=O) groups excluding carboxylic acids is 6. The Morgan fingerprint density at radius 3 is 1.94 bits per heavy atom. The molecule has 1 aliphatic heterocycles. The molecule has 63 heavy (non-hydrogen) atoms. The van der Waals surface area contributed by atoms with Gasteiger partial charge < -0.3 is 44.3 Å². The van der Waals surface area contributed by atoms with E-state index in [9.17, 15) is 39.3 Å². The van der Waals surface area contributed by atoms with Crippen molar-refractivity contribution in [3.05, 3.63) is 119 Å². The molecule has 15 heteroatoms. The first-order valence-corrected chi connectivity index (χ1v) is 20.5. The molecule has 1 saturated heterocycles. The van der Waals surface area contributed by atoms with E-state index in [1.807, 2.05) is 0 Å². The molecule has 2 bridgehead atoms. The number of rotatable bonds is 10. The van der Waals surface area contributed by atoms with Crippen molar-refractivity contribution in [1.29, 1.82) is 0 Å². The Hall–Kier alpha value is -5.74. The van der Waals surface area contributed by atoms with E-state index in [1.165, 1.54) is 26.0 Å². The fourth-order valence-electron chi connectivity index (χ4n) is 10.2. The molecule has 2 saturated carbocycles. The first-order chi connectivity index (χ1) is 29.3. The Balaban J connectivity index is 0.00000661. The molecular weight excluding hydrogens is 815 g/mol. The van der Waals surface area contributed by atoms with E-state index < -0.39 is 113 Å². The predicted molar refractivity (Wildman–Crippen MR) is 224 cm³/mol. The third-order valence-corrected chi connectivity index (χ3v) is 13.5. The third-order valence-electron chi connectivity index (χ3n) is 13.5. The Bertz CT molecular complexity index is 2280. The highest BCUT2D eigenvalue weighted by atomic mass is 16.6. The summed E-state index contributed by atoms with van der Waals surface area (Å²) in [6.07, 6.45) is -10.5. The molecule has 15 nitrogen and oxygen atoms in total. The number of esters is 4. The van der Waals surface area contributed by atoms with E-state index in [0.717, 1.165) is 13.8 Å². The number of ether oxygens (including phenoxy) is 5. The topological polar surface area (TPSA) is 221 Å². The lowest BCUT2D eigenvalue weighted by Crippen LogP contribution is -2.82. The zero-order chi connectivity index (χ0) is 44.9. The van der Waals surface area contributed by atoms with Crippen molar-refractivity contribution in [2.24, 2.45) is 16.7 Å². The van der Waals surface area contributed by atoms with Gasteiger partial charge in [-0.25, -0.2) is 9.59 Å². The van der Waals surface area contributed by atoms with E-state index in [0.29, 0.717) is 5.56 Å². The molecule has 336 valence electrons. The minimum Gasteiger partial charge on any atom is -0.456 e. The van der Waals surface area contributed by atoms with Crippen LogP contribution in [-0.2, 0) is 42.9 Å². The van der Waals surface area contributed by atoms with Crippen LogP contribution in [0.4, 0.5) is 0 Å². The Morgan fingerprint density at radius 2 is 1.40 bits per heavy atom. The maximum Gasteiger partial charge on any atom is 0.338 e. The zero-order valence-corrected chi connectivity index (χ0v) is 35.2. The monoisotopic (exact) mass is 869 g/mol. The van der Waals surface area contributed by atoms with Gasteiger partial charge in [0.25, 0.3) is 5.91 Å². The van der Waals surface area contributed by atoms with Gasteiger partial charge in [0.2, 0.25) is 0 Å². The van der Waals surface area contributed by atoms with E-state index in [4.69, 9.17) is 23.7 Å². The van der Waals surface area contributed by atoms with Gasteiger partial charge in [-0.1, -0.05) is 88.0 Å². The van der Waals surface area contributed by atoms with Crippen LogP contribution in [0.5, 0.6) is 0 Å². The summed E-state index contributed by atoms with van der Waals surface area (Å²) in [5.41, 5.74) is -7.02. The number of aliphatic hydroxyl groups excluding tert-OH is 2. The SMILES string of the molecule is C.CC(=O)O[C@H]1C(=O)[C@@]2(C)[C@H]([C@H](OC(=O)c3ccccc3)[C@]3(O)C[C@H](OC(=O)[C@H](O)[C@@H](NC(=O)c4ccccc4)c4ccccc4)C(C)=C1C3(C)C)[C@]1(OC(C)=O)CO[C@@H]1C[C@@H]2O. The maximum absolute atomic E-state index is 15.5. The van der Waals surface area contributed by atoms with Crippen molar-refractivity contribution in [2.45, 2.75) is 116 Å². The Morgan fingerprint density at radius 1 is 0.825 bits per heavy atom.